The topological polar surface area (TPSA) is 66.5 Å². The van der Waals surface area contributed by atoms with Gasteiger partial charge in [-0.1, -0.05) is 42.0 Å². The van der Waals surface area contributed by atoms with Crippen LogP contribution in [0.4, 0.5) is 15.8 Å². The van der Waals surface area contributed by atoms with Gasteiger partial charge in [0.1, 0.15) is 12.4 Å². The molecule has 0 aromatic heterocycles. The predicted octanol–water partition coefficient (Wildman–Crippen LogP) is 4.28. The summed E-state index contributed by atoms with van der Waals surface area (Å²) in [6.07, 6.45) is 0. The zero-order chi connectivity index (χ0) is 21.0. The van der Waals surface area contributed by atoms with Crippen molar-refractivity contribution < 1.29 is 17.6 Å². The molecule has 0 unspecified atom stereocenters. The summed E-state index contributed by atoms with van der Waals surface area (Å²) in [6.45, 7) is 3.15. The van der Waals surface area contributed by atoms with Gasteiger partial charge in [0.2, 0.25) is 5.91 Å². The number of hydrogen-bond acceptors (Lipinski definition) is 3. The number of anilines is 2. The van der Waals surface area contributed by atoms with Crippen LogP contribution in [-0.4, -0.2) is 20.9 Å². The first kappa shape index (κ1) is 20.5. The van der Waals surface area contributed by atoms with Gasteiger partial charge in [-0.25, -0.2) is 12.8 Å². The molecule has 0 radical (unpaired) electrons. The van der Waals surface area contributed by atoms with Gasteiger partial charge < -0.3 is 5.32 Å². The van der Waals surface area contributed by atoms with Crippen molar-refractivity contribution in [2.24, 2.45) is 0 Å². The van der Waals surface area contributed by atoms with Crippen molar-refractivity contribution in [2.45, 2.75) is 18.7 Å². The molecule has 7 heteroatoms. The lowest BCUT2D eigenvalue weighted by molar-refractivity contribution is -0.114. The Balaban J connectivity index is 1.96. The van der Waals surface area contributed by atoms with Crippen molar-refractivity contribution in [3.63, 3.8) is 0 Å². The van der Waals surface area contributed by atoms with Crippen LogP contribution in [0.15, 0.2) is 77.7 Å². The molecule has 0 saturated carbocycles. The minimum absolute atomic E-state index is 0.0188. The van der Waals surface area contributed by atoms with Crippen molar-refractivity contribution in [1.82, 2.24) is 0 Å². The molecule has 0 bridgehead atoms. The number of nitrogens with one attached hydrogen (secondary N) is 1. The minimum Gasteiger partial charge on any atom is -0.325 e. The van der Waals surface area contributed by atoms with Gasteiger partial charge in [-0.15, -0.1) is 0 Å². The SMILES string of the molecule is Cc1ccc(S(=O)(=O)N(CC(=O)Nc2cccc(C)c2)c2ccccc2F)cc1. The van der Waals surface area contributed by atoms with Gasteiger partial charge in [0.25, 0.3) is 10.0 Å². The van der Waals surface area contributed by atoms with Gasteiger partial charge in [0, 0.05) is 5.69 Å². The molecule has 0 aliphatic heterocycles. The molecule has 0 fully saturated rings. The van der Waals surface area contributed by atoms with Crippen molar-refractivity contribution in [3.8, 4) is 0 Å². The van der Waals surface area contributed by atoms with Gasteiger partial charge in [-0.2, -0.15) is 0 Å². The first-order chi connectivity index (χ1) is 13.8. The highest BCUT2D eigenvalue weighted by Crippen LogP contribution is 2.26. The van der Waals surface area contributed by atoms with Crippen molar-refractivity contribution >= 4 is 27.3 Å². The molecular weight excluding hydrogens is 391 g/mol. The van der Waals surface area contributed by atoms with E-state index in [1.807, 2.05) is 19.9 Å². The van der Waals surface area contributed by atoms with E-state index in [-0.39, 0.29) is 10.6 Å². The highest BCUT2D eigenvalue weighted by Gasteiger charge is 2.29. The van der Waals surface area contributed by atoms with E-state index in [4.69, 9.17) is 0 Å². The summed E-state index contributed by atoms with van der Waals surface area (Å²) in [6, 6.07) is 18.8. The molecule has 0 heterocycles. The Kier molecular flexibility index (Phi) is 5.98. The molecule has 5 nitrogen and oxygen atoms in total. The number of halogens is 1. The maximum Gasteiger partial charge on any atom is 0.264 e. The Bertz CT molecular complexity index is 1130. The molecule has 150 valence electrons. The molecule has 1 N–H and O–H groups in total. The zero-order valence-corrected chi connectivity index (χ0v) is 16.9. The summed E-state index contributed by atoms with van der Waals surface area (Å²) in [4.78, 5) is 12.6. The Morgan fingerprint density at radius 1 is 0.931 bits per heavy atom. The largest absolute Gasteiger partial charge is 0.325 e. The molecule has 0 saturated heterocycles. The maximum atomic E-state index is 14.4. The summed E-state index contributed by atoms with van der Waals surface area (Å²) in [5, 5.41) is 2.67. The number of carbonyl (C=O) groups excluding carboxylic acids is 1. The van der Waals surface area contributed by atoms with Gasteiger partial charge in [-0.05, 0) is 55.8 Å². The molecule has 29 heavy (non-hydrogen) atoms. The normalized spacial score (nSPS) is 11.1. The highest BCUT2D eigenvalue weighted by atomic mass is 32.2. The van der Waals surface area contributed by atoms with Crippen LogP contribution >= 0.6 is 0 Å². The summed E-state index contributed by atoms with van der Waals surface area (Å²) in [7, 11) is -4.16. The Hall–Kier alpha value is -3.19. The number of carbonyl (C=O) groups is 1. The van der Waals surface area contributed by atoms with E-state index in [0.29, 0.717) is 5.69 Å². The maximum absolute atomic E-state index is 14.4. The van der Waals surface area contributed by atoms with E-state index < -0.39 is 28.3 Å². The zero-order valence-electron chi connectivity index (χ0n) is 16.1. The molecule has 0 aliphatic rings. The van der Waals surface area contributed by atoms with Gasteiger partial charge in [0.15, 0.2) is 0 Å². The van der Waals surface area contributed by atoms with Crippen LogP contribution in [0.5, 0.6) is 0 Å². The predicted molar refractivity (Wildman–Crippen MR) is 112 cm³/mol. The van der Waals surface area contributed by atoms with Crippen LogP contribution in [0.25, 0.3) is 0 Å². The fourth-order valence-electron chi connectivity index (χ4n) is 2.84. The third kappa shape index (κ3) is 4.81. The lowest BCUT2D eigenvalue weighted by Gasteiger charge is -2.24. The molecule has 0 atom stereocenters. The third-order valence-corrected chi connectivity index (χ3v) is 6.09. The van der Waals surface area contributed by atoms with Gasteiger partial charge in [0.05, 0.1) is 10.6 Å². The molecule has 0 spiro atoms. The minimum atomic E-state index is -4.16. The standard InChI is InChI=1S/C22H21FN2O3S/c1-16-10-12-19(13-11-16)29(27,28)25(21-9-4-3-8-20(21)23)15-22(26)24-18-7-5-6-17(2)14-18/h3-14H,15H2,1-2H3,(H,24,26). The van der Waals surface area contributed by atoms with E-state index in [0.717, 1.165) is 21.5 Å². The fourth-order valence-corrected chi connectivity index (χ4v) is 4.27. The number of aryl methyl sites for hydroxylation is 2. The molecule has 3 aromatic carbocycles. The second-order valence-electron chi connectivity index (χ2n) is 6.69. The Morgan fingerprint density at radius 3 is 2.28 bits per heavy atom. The van der Waals surface area contributed by atoms with Crippen LogP contribution in [0.1, 0.15) is 11.1 Å². The molecular formula is C22H21FN2O3S. The van der Waals surface area contributed by atoms with E-state index in [9.17, 15) is 17.6 Å². The second kappa shape index (κ2) is 8.45. The summed E-state index contributed by atoms with van der Waals surface area (Å²) in [5.74, 6) is -1.30. The van der Waals surface area contributed by atoms with E-state index in [2.05, 4.69) is 5.32 Å². The first-order valence-electron chi connectivity index (χ1n) is 8.98. The summed E-state index contributed by atoms with van der Waals surface area (Å²) < 4.78 is 41.7. The lowest BCUT2D eigenvalue weighted by atomic mass is 10.2. The molecule has 3 aromatic rings. The number of amides is 1. The average Bonchev–Trinajstić information content (AvgIpc) is 2.67. The molecule has 0 aliphatic carbocycles. The third-order valence-electron chi connectivity index (χ3n) is 4.32. The van der Waals surface area contributed by atoms with E-state index >= 15 is 0 Å². The van der Waals surface area contributed by atoms with Crippen LogP contribution < -0.4 is 9.62 Å². The van der Waals surface area contributed by atoms with E-state index in [1.165, 1.54) is 30.3 Å². The van der Waals surface area contributed by atoms with Gasteiger partial charge in [-0.3, -0.25) is 9.10 Å². The number of rotatable bonds is 6. The smallest absolute Gasteiger partial charge is 0.264 e. The van der Waals surface area contributed by atoms with Crippen molar-refractivity contribution in [1.29, 1.82) is 0 Å². The van der Waals surface area contributed by atoms with E-state index in [1.54, 1.807) is 30.3 Å². The van der Waals surface area contributed by atoms with Crippen molar-refractivity contribution in [3.05, 3.63) is 89.7 Å². The number of hydrogen-bond donors (Lipinski definition) is 1. The summed E-state index contributed by atoms with van der Waals surface area (Å²) in [5.41, 5.74) is 2.18. The molecule has 3 rings (SSSR count). The van der Waals surface area contributed by atoms with Crippen LogP contribution in [0, 0.1) is 19.7 Å². The average molecular weight is 412 g/mol. The second-order valence-corrected chi connectivity index (χ2v) is 8.56. The number of nitrogens with zero attached hydrogens (tertiary/aromatic N) is 1. The molecule has 1 amide bonds. The number of para-hydroxylation sites is 1. The lowest BCUT2D eigenvalue weighted by Crippen LogP contribution is -2.38. The van der Waals surface area contributed by atoms with Crippen molar-refractivity contribution in [2.75, 3.05) is 16.2 Å². The Labute approximate surface area is 169 Å². The summed E-state index contributed by atoms with van der Waals surface area (Å²) >= 11 is 0. The highest BCUT2D eigenvalue weighted by molar-refractivity contribution is 7.92. The van der Waals surface area contributed by atoms with Crippen LogP contribution in [0.2, 0.25) is 0 Å². The monoisotopic (exact) mass is 412 g/mol. The van der Waals surface area contributed by atoms with Gasteiger partial charge >= 0.3 is 0 Å². The fraction of sp³-hybridized carbons (Fsp3) is 0.136. The number of benzene rings is 3. The van der Waals surface area contributed by atoms with Crippen LogP contribution in [-0.2, 0) is 14.8 Å². The Morgan fingerprint density at radius 2 is 1.62 bits per heavy atom. The first-order valence-corrected chi connectivity index (χ1v) is 10.4. The quantitative estimate of drug-likeness (QED) is 0.657. The number of sulfonamides is 1. The van der Waals surface area contributed by atoms with Crippen LogP contribution in [0.3, 0.4) is 0 Å².